The second-order valence-corrected chi connectivity index (χ2v) is 4.13. The number of alkyl halides is 9. The van der Waals surface area contributed by atoms with E-state index in [1.54, 1.807) is 5.32 Å². The predicted molar refractivity (Wildman–Crippen MR) is 60.3 cm³/mol. The maximum atomic E-state index is 12.5. The molecule has 0 aromatic heterocycles. The molecule has 11 heteroatoms. The van der Waals surface area contributed by atoms with Crippen LogP contribution < -0.4 is 5.32 Å². The Hall–Kier alpha value is -2.20. The van der Waals surface area contributed by atoms with E-state index in [0.29, 0.717) is 6.20 Å². The van der Waals surface area contributed by atoms with Crippen LogP contribution in [0.15, 0.2) is 30.5 Å². The third kappa shape index (κ3) is 5.49. The van der Waals surface area contributed by atoms with Crippen LogP contribution in [0.3, 0.4) is 0 Å². The summed E-state index contributed by atoms with van der Waals surface area (Å²) in [6, 6.07) is 0.380. The molecular weight excluding hydrogens is 345 g/mol. The second-order valence-electron chi connectivity index (χ2n) is 4.13. The van der Waals surface area contributed by atoms with E-state index in [1.165, 1.54) is 0 Å². The summed E-state index contributed by atoms with van der Waals surface area (Å²) in [6.07, 6.45) is -15.2. The Balaban J connectivity index is 3.12. The number of anilines is 1. The number of benzene rings is 1. The Morgan fingerprint density at radius 2 is 1.26 bits per heavy atom. The fraction of sp³-hybridized carbons (Fsp3) is 0.250. The molecule has 0 aliphatic rings. The summed E-state index contributed by atoms with van der Waals surface area (Å²) in [6.45, 7) is 0. The molecule has 0 heterocycles. The monoisotopic (exact) mass is 351 g/mol. The first-order valence-corrected chi connectivity index (χ1v) is 5.55. The summed E-state index contributed by atoms with van der Waals surface area (Å²) in [5.74, 6) is -2.33. The van der Waals surface area contributed by atoms with Crippen molar-refractivity contribution in [2.45, 2.75) is 18.5 Å². The summed E-state index contributed by atoms with van der Waals surface area (Å²) in [5, 5.41) is 1.77. The van der Waals surface area contributed by atoms with Gasteiger partial charge < -0.3 is 5.32 Å². The fourth-order valence-electron chi connectivity index (χ4n) is 1.35. The average Bonchev–Trinajstić information content (AvgIpc) is 2.35. The van der Waals surface area contributed by atoms with Crippen LogP contribution in [0.2, 0.25) is 0 Å². The molecule has 0 spiro atoms. The SMILES string of the molecule is O=C(/C=C\Nc1cc(C(F)(F)F)cc(C(F)(F)F)c1)C(F)(F)F. The summed E-state index contributed by atoms with van der Waals surface area (Å²) in [7, 11) is 0. The molecule has 1 aromatic carbocycles. The minimum absolute atomic E-state index is 0.0620. The molecule has 128 valence electrons. The van der Waals surface area contributed by atoms with E-state index >= 15 is 0 Å². The van der Waals surface area contributed by atoms with Crippen molar-refractivity contribution in [1.29, 1.82) is 0 Å². The molecule has 0 fully saturated rings. The van der Waals surface area contributed by atoms with E-state index < -0.39 is 41.1 Å². The second kappa shape index (κ2) is 6.13. The molecule has 0 saturated heterocycles. The number of allylic oxidation sites excluding steroid dienone is 1. The molecule has 1 rings (SSSR count). The van der Waals surface area contributed by atoms with E-state index in [4.69, 9.17) is 0 Å². The Kier molecular flexibility index (Phi) is 5.02. The molecule has 0 radical (unpaired) electrons. The molecule has 1 N–H and O–H groups in total. The van der Waals surface area contributed by atoms with Crippen molar-refractivity contribution in [1.82, 2.24) is 0 Å². The van der Waals surface area contributed by atoms with Crippen molar-refractivity contribution < 1.29 is 44.3 Å². The molecule has 2 nitrogen and oxygen atoms in total. The number of ketones is 1. The summed E-state index contributed by atoms with van der Waals surface area (Å²) in [5.41, 5.74) is -4.07. The molecule has 0 aliphatic carbocycles. The topological polar surface area (TPSA) is 29.1 Å². The summed E-state index contributed by atoms with van der Waals surface area (Å²) < 4.78 is 111. The Morgan fingerprint density at radius 1 is 0.826 bits per heavy atom. The minimum atomic E-state index is -5.21. The van der Waals surface area contributed by atoms with Crippen molar-refractivity contribution in [2.24, 2.45) is 0 Å². The molecule has 0 atom stereocenters. The quantitative estimate of drug-likeness (QED) is 0.627. The van der Waals surface area contributed by atoms with Gasteiger partial charge >= 0.3 is 18.5 Å². The van der Waals surface area contributed by atoms with Gasteiger partial charge in [-0.25, -0.2) is 0 Å². The van der Waals surface area contributed by atoms with Gasteiger partial charge in [0, 0.05) is 18.0 Å². The van der Waals surface area contributed by atoms with Crippen molar-refractivity contribution in [3.8, 4) is 0 Å². The number of carbonyl (C=O) groups excluding carboxylic acids is 1. The van der Waals surface area contributed by atoms with Gasteiger partial charge in [0.15, 0.2) is 0 Å². The van der Waals surface area contributed by atoms with E-state index in [0.717, 1.165) is 0 Å². The van der Waals surface area contributed by atoms with Gasteiger partial charge in [-0.05, 0) is 18.2 Å². The lowest BCUT2D eigenvalue weighted by Crippen LogP contribution is -2.20. The van der Waals surface area contributed by atoms with Crippen LogP contribution >= 0.6 is 0 Å². The lowest BCUT2D eigenvalue weighted by molar-refractivity contribution is -0.165. The molecule has 1 aromatic rings. The van der Waals surface area contributed by atoms with Crippen molar-refractivity contribution in [3.63, 3.8) is 0 Å². The highest BCUT2D eigenvalue weighted by Gasteiger charge is 2.37. The van der Waals surface area contributed by atoms with Crippen LogP contribution in [0.1, 0.15) is 11.1 Å². The summed E-state index contributed by atoms with van der Waals surface area (Å²) in [4.78, 5) is 10.5. The van der Waals surface area contributed by atoms with Gasteiger partial charge in [0.25, 0.3) is 5.78 Å². The number of hydrogen-bond acceptors (Lipinski definition) is 2. The van der Waals surface area contributed by atoms with Crippen LogP contribution in [0.4, 0.5) is 45.2 Å². The first-order chi connectivity index (χ1) is 10.2. The van der Waals surface area contributed by atoms with E-state index in [2.05, 4.69) is 0 Å². The number of rotatable bonds is 3. The molecular formula is C12H6F9NO. The molecule has 0 saturated carbocycles. The Bertz CT molecular complexity index is 578. The van der Waals surface area contributed by atoms with Crippen LogP contribution in [0.25, 0.3) is 0 Å². The fourth-order valence-corrected chi connectivity index (χ4v) is 1.35. The number of nitrogens with one attached hydrogen (secondary N) is 1. The van der Waals surface area contributed by atoms with E-state index in [1.807, 2.05) is 0 Å². The zero-order valence-corrected chi connectivity index (χ0v) is 10.7. The van der Waals surface area contributed by atoms with Crippen molar-refractivity contribution in [3.05, 3.63) is 41.6 Å². The number of carbonyl (C=O) groups is 1. The lowest BCUT2D eigenvalue weighted by Gasteiger charge is -2.14. The third-order valence-corrected chi connectivity index (χ3v) is 2.35. The maximum Gasteiger partial charge on any atom is 0.454 e. The molecule has 0 unspecified atom stereocenters. The largest absolute Gasteiger partial charge is 0.454 e. The molecule has 0 aliphatic heterocycles. The normalized spacial score (nSPS) is 13.4. The highest BCUT2D eigenvalue weighted by Crippen LogP contribution is 2.37. The van der Waals surface area contributed by atoms with Gasteiger partial charge in [-0.15, -0.1) is 0 Å². The van der Waals surface area contributed by atoms with Gasteiger partial charge in [-0.2, -0.15) is 39.5 Å². The molecule has 0 bridgehead atoms. The third-order valence-electron chi connectivity index (χ3n) is 2.35. The van der Waals surface area contributed by atoms with Gasteiger partial charge in [0.1, 0.15) is 0 Å². The van der Waals surface area contributed by atoms with Gasteiger partial charge in [0.05, 0.1) is 11.1 Å². The molecule has 0 amide bonds. The van der Waals surface area contributed by atoms with Gasteiger partial charge in [-0.1, -0.05) is 0 Å². The molecule has 23 heavy (non-hydrogen) atoms. The minimum Gasteiger partial charge on any atom is -0.362 e. The van der Waals surface area contributed by atoms with Crippen LogP contribution in [-0.2, 0) is 17.1 Å². The summed E-state index contributed by atoms with van der Waals surface area (Å²) >= 11 is 0. The zero-order chi connectivity index (χ0) is 18.1. The predicted octanol–water partition coefficient (Wildman–Crippen LogP) is 4.78. The average molecular weight is 351 g/mol. The van der Waals surface area contributed by atoms with E-state index in [9.17, 15) is 44.3 Å². The smallest absolute Gasteiger partial charge is 0.362 e. The van der Waals surface area contributed by atoms with Crippen LogP contribution in [0.5, 0.6) is 0 Å². The van der Waals surface area contributed by atoms with Gasteiger partial charge in [-0.3, -0.25) is 4.79 Å². The highest BCUT2D eigenvalue weighted by molar-refractivity contribution is 5.94. The van der Waals surface area contributed by atoms with Crippen molar-refractivity contribution in [2.75, 3.05) is 5.32 Å². The van der Waals surface area contributed by atoms with Crippen molar-refractivity contribution >= 4 is 11.5 Å². The zero-order valence-electron chi connectivity index (χ0n) is 10.7. The maximum absolute atomic E-state index is 12.5. The Labute approximate surface area is 122 Å². The number of halogens is 9. The highest BCUT2D eigenvalue weighted by atomic mass is 19.4. The number of hydrogen-bond donors (Lipinski definition) is 1. The first-order valence-electron chi connectivity index (χ1n) is 5.55. The van der Waals surface area contributed by atoms with Crippen LogP contribution in [0, 0.1) is 0 Å². The van der Waals surface area contributed by atoms with Gasteiger partial charge in [0.2, 0.25) is 0 Å². The lowest BCUT2D eigenvalue weighted by atomic mass is 10.1. The first kappa shape index (κ1) is 18.8. The van der Waals surface area contributed by atoms with Crippen LogP contribution in [-0.4, -0.2) is 12.0 Å². The van der Waals surface area contributed by atoms with E-state index in [-0.39, 0.29) is 24.3 Å². The standard InChI is InChI=1S/C12H6F9NO/c13-10(14,15)6-3-7(11(16,17)18)5-8(4-6)22-2-1-9(23)12(19,20)21/h1-5,22H/b2-1-. The Morgan fingerprint density at radius 3 is 1.61 bits per heavy atom.